The smallest absolute Gasteiger partial charge is 0.309 e. The van der Waals surface area contributed by atoms with Gasteiger partial charge in [-0.1, -0.05) is 52.0 Å². The monoisotopic (exact) mass is 490 g/mol. The minimum absolute atomic E-state index is 0.145. The van der Waals surface area contributed by atoms with E-state index in [9.17, 15) is 14.7 Å². The van der Waals surface area contributed by atoms with E-state index < -0.39 is 36.2 Å². The van der Waals surface area contributed by atoms with Gasteiger partial charge in [0.2, 0.25) is 6.29 Å². The van der Waals surface area contributed by atoms with Gasteiger partial charge >= 0.3 is 11.9 Å². The van der Waals surface area contributed by atoms with Gasteiger partial charge in [0.05, 0.1) is 17.4 Å². The van der Waals surface area contributed by atoms with Gasteiger partial charge in [0, 0.05) is 19.6 Å². The third-order valence-electron chi connectivity index (χ3n) is 8.81. The molecule has 196 valence electrons. The van der Waals surface area contributed by atoms with Gasteiger partial charge < -0.3 is 24.1 Å². The molecule has 1 heterocycles. The molecule has 0 radical (unpaired) electrons. The molecule has 2 fully saturated rings. The van der Waals surface area contributed by atoms with Crippen molar-refractivity contribution in [1.82, 2.24) is 0 Å². The van der Waals surface area contributed by atoms with Gasteiger partial charge in [0.25, 0.3) is 0 Å². The fourth-order valence-corrected chi connectivity index (χ4v) is 6.24. The van der Waals surface area contributed by atoms with Crippen LogP contribution in [0.2, 0.25) is 0 Å². The molecule has 7 heteroatoms. The Balaban J connectivity index is 2.18. The van der Waals surface area contributed by atoms with Gasteiger partial charge in [-0.05, 0) is 55.9 Å². The summed E-state index contributed by atoms with van der Waals surface area (Å²) < 4.78 is 23.5. The van der Waals surface area contributed by atoms with E-state index in [1.165, 1.54) is 14.0 Å². The van der Waals surface area contributed by atoms with Crippen LogP contribution in [0.4, 0.5) is 0 Å². The van der Waals surface area contributed by atoms with Crippen LogP contribution in [0.25, 0.3) is 0 Å². The number of ether oxygens (including phenoxy) is 4. The molecule has 1 spiro atoms. The van der Waals surface area contributed by atoms with Crippen LogP contribution in [-0.4, -0.2) is 48.9 Å². The van der Waals surface area contributed by atoms with E-state index in [1.807, 2.05) is 32.9 Å². The molecule has 35 heavy (non-hydrogen) atoms. The van der Waals surface area contributed by atoms with E-state index in [1.54, 1.807) is 0 Å². The summed E-state index contributed by atoms with van der Waals surface area (Å²) in [7, 11) is 1.52. The second-order valence-electron chi connectivity index (χ2n) is 10.8. The summed E-state index contributed by atoms with van der Waals surface area (Å²) in [6, 6.07) is 0. The zero-order valence-electron chi connectivity index (χ0n) is 22.2. The Bertz CT molecular complexity index is 892. The van der Waals surface area contributed by atoms with Crippen molar-refractivity contribution in [2.75, 3.05) is 7.11 Å². The number of carbonyl (C=O) groups excluding carboxylic acids is 2. The minimum atomic E-state index is -1.00. The third-order valence-corrected chi connectivity index (χ3v) is 8.81. The van der Waals surface area contributed by atoms with Crippen molar-refractivity contribution < 1.29 is 33.6 Å². The second kappa shape index (κ2) is 10.6. The van der Waals surface area contributed by atoms with Crippen LogP contribution in [0.15, 0.2) is 36.0 Å². The quantitative estimate of drug-likeness (QED) is 0.300. The lowest BCUT2D eigenvalue weighted by Gasteiger charge is -2.60. The van der Waals surface area contributed by atoms with Crippen molar-refractivity contribution in [3.05, 3.63) is 36.0 Å². The first kappa shape index (κ1) is 27.6. The van der Waals surface area contributed by atoms with Crippen molar-refractivity contribution in [1.29, 1.82) is 0 Å². The largest absolute Gasteiger partial charge is 0.458 e. The lowest BCUT2D eigenvalue weighted by Crippen LogP contribution is -2.63. The van der Waals surface area contributed by atoms with Crippen molar-refractivity contribution in [3.63, 3.8) is 0 Å². The van der Waals surface area contributed by atoms with Gasteiger partial charge in [-0.25, -0.2) is 0 Å². The zero-order chi connectivity index (χ0) is 26.1. The van der Waals surface area contributed by atoms with Gasteiger partial charge in [0.15, 0.2) is 6.29 Å². The molecule has 1 aliphatic heterocycles. The van der Waals surface area contributed by atoms with Crippen LogP contribution >= 0.6 is 0 Å². The fourth-order valence-electron chi connectivity index (χ4n) is 6.24. The van der Waals surface area contributed by atoms with E-state index >= 15 is 0 Å². The van der Waals surface area contributed by atoms with Gasteiger partial charge in [0.1, 0.15) is 6.10 Å². The molecule has 0 aromatic carbocycles. The molecule has 0 aromatic rings. The first-order valence-electron chi connectivity index (χ1n) is 12.7. The van der Waals surface area contributed by atoms with Crippen LogP contribution in [0, 0.1) is 28.6 Å². The number of carbonyl (C=O) groups is 2. The maximum atomic E-state index is 12.7. The normalized spacial score (nSPS) is 39.7. The molecule has 1 N–H and O–H groups in total. The highest BCUT2D eigenvalue weighted by atomic mass is 16.8. The summed E-state index contributed by atoms with van der Waals surface area (Å²) in [6.45, 7) is 15.4. The van der Waals surface area contributed by atoms with Gasteiger partial charge in [-0.3, -0.25) is 9.59 Å². The molecular weight excluding hydrogens is 448 g/mol. The van der Waals surface area contributed by atoms with Gasteiger partial charge in [-0.2, -0.15) is 0 Å². The van der Waals surface area contributed by atoms with Gasteiger partial charge in [-0.15, -0.1) is 0 Å². The highest BCUT2D eigenvalue weighted by Gasteiger charge is 2.70. The van der Waals surface area contributed by atoms with E-state index in [2.05, 4.69) is 26.5 Å². The summed E-state index contributed by atoms with van der Waals surface area (Å²) in [5.74, 6) is -1.01. The first-order chi connectivity index (χ1) is 16.4. The predicted octanol–water partition coefficient (Wildman–Crippen LogP) is 4.70. The average Bonchev–Trinajstić information content (AvgIpc) is 3.13. The maximum absolute atomic E-state index is 12.7. The van der Waals surface area contributed by atoms with Crippen molar-refractivity contribution >= 4 is 11.9 Å². The highest BCUT2D eigenvalue weighted by molar-refractivity contribution is 5.72. The maximum Gasteiger partial charge on any atom is 0.309 e. The standard InChI is InChI=1S/C28H42O7/c1-9-16(3)11-12-27(7)18(5)13-23(30)28-21(25(32-8)35-26(28)33-19(6)29)14-20(15-22(27)28)34-24(31)17(4)10-2/h9,11,14,17-18,20,22-23,25-26,30H,1,10,12-13,15H2,2-8H3/b16-11+/t17?,18-,20-,22+,23+,25+,26-,27-,28-/m1/s1. The number of methoxy groups -OCH3 is 1. The molecule has 0 amide bonds. The van der Waals surface area contributed by atoms with Crippen molar-refractivity contribution in [2.24, 2.45) is 28.6 Å². The number of aliphatic hydroxyl groups excluding tert-OH is 1. The molecular formula is C28H42O7. The molecule has 3 aliphatic rings. The summed E-state index contributed by atoms with van der Waals surface area (Å²) in [5, 5.41) is 11.7. The van der Waals surface area contributed by atoms with Crippen LogP contribution in [0.3, 0.4) is 0 Å². The number of allylic oxidation sites excluding steroid dienone is 3. The molecule has 1 saturated heterocycles. The number of aliphatic hydroxyl groups is 1. The lowest BCUT2D eigenvalue weighted by atomic mass is 9.45. The SMILES string of the molecule is C=C/C(C)=C/C[C@]1(C)[C@H](C)C[C@H](O)[C@@]23C(=C[C@@H](OC(=O)C(C)CC)C[C@@H]12)[C@@H](OC)O[C@H]3OC(C)=O. The van der Waals surface area contributed by atoms with Crippen molar-refractivity contribution in [2.45, 2.75) is 92.0 Å². The molecule has 2 aliphatic carbocycles. The van der Waals surface area contributed by atoms with Crippen LogP contribution in [0.1, 0.15) is 67.2 Å². The molecule has 7 nitrogen and oxygen atoms in total. The van der Waals surface area contributed by atoms with E-state index in [4.69, 9.17) is 18.9 Å². The zero-order valence-corrected chi connectivity index (χ0v) is 22.2. The molecule has 3 rings (SSSR count). The Morgan fingerprint density at radius 2 is 2.00 bits per heavy atom. The number of hydrogen-bond donors (Lipinski definition) is 1. The topological polar surface area (TPSA) is 91.3 Å². The molecule has 0 bridgehead atoms. The Morgan fingerprint density at radius 1 is 1.31 bits per heavy atom. The number of hydrogen-bond acceptors (Lipinski definition) is 7. The second-order valence-corrected chi connectivity index (χ2v) is 10.8. The Labute approximate surface area is 209 Å². The average molecular weight is 491 g/mol. The molecule has 1 saturated carbocycles. The van der Waals surface area contributed by atoms with E-state index in [0.29, 0.717) is 24.8 Å². The summed E-state index contributed by atoms with van der Waals surface area (Å²) in [5.41, 5.74) is 0.454. The molecule has 1 unspecified atom stereocenters. The number of rotatable bonds is 8. The first-order valence-corrected chi connectivity index (χ1v) is 12.7. The summed E-state index contributed by atoms with van der Waals surface area (Å²) >= 11 is 0. The number of esters is 2. The molecule has 0 aromatic heterocycles. The third kappa shape index (κ3) is 4.75. The Morgan fingerprint density at radius 3 is 2.57 bits per heavy atom. The van der Waals surface area contributed by atoms with Crippen LogP contribution in [0.5, 0.6) is 0 Å². The van der Waals surface area contributed by atoms with E-state index in [-0.39, 0.29) is 29.1 Å². The lowest BCUT2D eigenvalue weighted by molar-refractivity contribution is -0.254. The highest BCUT2D eigenvalue weighted by Crippen LogP contribution is 2.67. The van der Waals surface area contributed by atoms with Crippen LogP contribution < -0.4 is 0 Å². The predicted molar refractivity (Wildman–Crippen MR) is 132 cm³/mol. The molecule has 9 atom stereocenters. The van der Waals surface area contributed by atoms with Crippen LogP contribution in [-0.2, 0) is 28.5 Å². The van der Waals surface area contributed by atoms with E-state index in [0.717, 1.165) is 12.0 Å². The van der Waals surface area contributed by atoms with Crippen molar-refractivity contribution in [3.8, 4) is 0 Å². The summed E-state index contributed by atoms with van der Waals surface area (Å²) in [4.78, 5) is 24.9. The summed E-state index contributed by atoms with van der Waals surface area (Å²) in [6.07, 6.45) is 5.14. The Hall–Kier alpha value is -1.96. The minimum Gasteiger partial charge on any atom is -0.458 e. The fraction of sp³-hybridized carbons (Fsp3) is 0.714. The Kier molecular flexibility index (Phi) is 8.34.